The van der Waals surface area contributed by atoms with E-state index in [0.29, 0.717) is 20.5 Å². The van der Waals surface area contributed by atoms with Crippen LogP contribution in [0.2, 0.25) is 0 Å². The number of hydrogen-bond donors (Lipinski definition) is 1. The third-order valence-electron chi connectivity index (χ3n) is 1.97. The molecular weight excluding hydrogens is 410 g/mol. The molecule has 19 heavy (non-hydrogen) atoms. The van der Waals surface area contributed by atoms with Gasteiger partial charge >= 0.3 is 0 Å². The number of anilines is 1. The van der Waals surface area contributed by atoms with Crippen molar-refractivity contribution in [1.82, 2.24) is 14.6 Å². The molecule has 5 nitrogen and oxygen atoms in total. The van der Waals surface area contributed by atoms with Gasteiger partial charge in [-0.25, -0.2) is 13.8 Å². The standard InChI is InChI=1S/C9H4Br2F2N4OS/c10-3-1-4(11)8(14-2-3)15-9(18)6-5(7(12)13)16-17-19-6/h1-2,7H,(H,14,15,18). The Morgan fingerprint density at radius 3 is 2.79 bits per heavy atom. The van der Waals surface area contributed by atoms with Gasteiger partial charge in [-0.2, -0.15) is 0 Å². The van der Waals surface area contributed by atoms with Crippen molar-refractivity contribution in [3.63, 3.8) is 0 Å². The molecule has 0 aliphatic rings. The lowest BCUT2D eigenvalue weighted by Crippen LogP contribution is -2.14. The van der Waals surface area contributed by atoms with E-state index in [1.165, 1.54) is 6.20 Å². The molecule has 1 amide bonds. The molecule has 0 radical (unpaired) electrons. The summed E-state index contributed by atoms with van der Waals surface area (Å²) in [7, 11) is 0. The number of aromatic nitrogens is 3. The average Bonchev–Trinajstić information content (AvgIpc) is 2.82. The molecule has 0 spiro atoms. The molecule has 0 atom stereocenters. The highest BCUT2D eigenvalue weighted by Gasteiger charge is 2.24. The van der Waals surface area contributed by atoms with Crippen molar-refractivity contribution in [2.24, 2.45) is 0 Å². The number of carbonyl (C=O) groups excluding carboxylic acids is 1. The van der Waals surface area contributed by atoms with E-state index in [-0.39, 0.29) is 10.7 Å². The molecule has 10 heteroatoms. The van der Waals surface area contributed by atoms with Gasteiger partial charge in [-0.05, 0) is 49.5 Å². The Balaban J connectivity index is 2.23. The number of halogens is 4. The van der Waals surface area contributed by atoms with Gasteiger partial charge in [0.1, 0.15) is 10.7 Å². The number of pyridine rings is 1. The zero-order valence-corrected chi connectivity index (χ0v) is 12.9. The van der Waals surface area contributed by atoms with Crippen molar-refractivity contribution >= 4 is 55.1 Å². The van der Waals surface area contributed by atoms with Crippen LogP contribution in [-0.2, 0) is 0 Å². The number of amides is 1. The van der Waals surface area contributed by atoms with E-state index in [1.807, 2.05) is 0 Å². The van der Waals surface area contributed by atoms with Crippen LogP contribution in [-0.4, -0.2) is 20.5 Å². The first-order valence-corrected chi connectivity index (χ1v) is 7.07. The number of rotatable bonds is 3. The number of nitrogens with one attached hydrogen (secondary N) is 1. The van der Waals surface area contributed by atoms with Crippen molar-refractivity contribution in [3.05, 3.63) is 31.8 Å². The summed E-state index contributed by atoms with van der Waals surface area (Å²) in [6, 6.07) is 1.67. The second-order valence-corrected chi connectivity index (χ2v) is 5.75. The number of nitrogens with zero attached hydrogens (tertiary/aromatic N) is 3. The summed E-state index contributed by atoms with van der Waals surface area (Å²) < 4.78 is 29.8. The van der Waals surface area contributed by atoms with Crippen LogP contribution in [0.5, 0.6) is 0 Å². The van der Waals surface area contributed by atoms with Gasteiger partial charge in [-0.3, -0.25) is 4.79 Å². The predicted octanol–water partition coefficient (Wildman–Crippen LogP) is 3.65. The second kappa shape index (κ2) is 5.97. The molecule has 0 saturated carbocycles. The molecule has 0 bridgehead atoms. The van der Waals surface area contributed by atoms with E-state index >= 15 is 0 Å². The molecule has 0 saturated heterocycles. The number of alkyl halides is 2. The minimum atomic E-state index is -2.85. The highest BCUT2D eigenvalue weighted by atomic mass is 79.9. The molecule has 2 heterocycles. The maximum Gasteiger partial charge on any atom is 0.283 e. The fraction of sp³-hybridized carbons (Fsp3) is 0.111. The maximum absolute atomic E-state index is 12.6. The molecule has 0 aliphatic carbocycles. The van der Waals surface area contributed by atoms with Crippen molar-refractivity contribution in [3.8, 4) is 0 Å². The highest BCUT2D eigenvalue weighted by Crippen LogP contribution is 2.26. The lowest BCUT2D eigenvalue weighted by atomic mass is 10.3. The van der Waals surface area contributed by atoms with E-state index in [0.717, 1.165) is 0 Å². The van der Waals surface area contributed by atoms with Crippen molar-refractivity contribution < 1.29 is 13.6 Å². The topological polar surface area (TPSA) is 67.8 Å². The van der Waals surface area contributed by atoms with Crippen molar-refractivity contribution in [1.29, 1.82) is 0 Å². The van der Waals surface area contributed by atoms with Gasteiger partial charge in [-0.1, -0.05) is 4.49 Å². The molecule has 2 rings (SSSR count). The van der Waals surface area contributed by atoms with Crippen molar-refractivity contribution in [2.45, 2.75) is 6.43 Å². The van der Waals surface area contributed by atoms with Crippen molar-refractivity contribution in [2.75, 3.05) is 5.32 Å². The normalized spacial score (nSPS) is 10.8. The molecule has 100 valence electrons. The zero-order chi connectivity index (χ0) is 14.0. The van der Waals surface area contributed by atoms with Gasteiger partial charge in [-0.15, -0.1) is 5.10 Å². The van der Waals surface area contributed by atoms with Gasteiger partial charge in [0.15, 0.2) is 5.69 Å². The lowest BCUT2D eigenvalue weighted by Gasteiger charge is -2.05. The zero-order valence-electron chi connectivity index (χ0n) is 8.90. The Hall–Kier alpha value is -1.00. The van der Waals surface area contributed by atoms with Crippen LogP contribution < -0.4 is 5.32 Å². The summed E-state index contributed by atoms with van der Waals surface area (Å²) in [5, 5.41) is 5.65. The van der Waals surface area contributed by atoms with Crippen LogP contribution in [0.1, 0.15) is 21.8 Å². The Morgan fingerprint density at radius 1 is 1.42 bits per heavy atom. The van der Waals surface area contributed by atoms with E-state index in [1.54, 1.807) is 6.07 Å². The second-order valence-electron chi connectivity index (χ2n) is 3.23. The lowest BCUT2D eigenvalue weighted by molar-refractivity contribution is 0.101. The third kappa shape index (κ3) is 3.31. The van der Waals surface area contributed by atoms with Crippen LogP contribution in [0.4, 0.5) is 14.6 Å². The smallest absolute Gasteiger partial charge is 0.283 e. The largest absolute Gasteiger partial charge is 0.305 e. The molecule has 2 aromatic rings. The number of hydrogen-bond acceptors (Lipinski definition) is 5. The summed E-state index contributed by atoms with van der Waals surface area (Å²) >= 11 is 7.02. The third-order valence-corrected chi connectivity index (χ3v) is 3.74. The molecule has 0 aliphatic heterocycles. The van der Waals surface area contributed by atoms with Crippen LogP contribution >= 0.6 is 43.4 Å². The predicted molar refractivity (Wildman–Crippen MR) is 72.5 cm³/mol. The molecule has 0 unspecified atom stereocenters. The SMILES string of the molecule is O=C(Nc1ncc(Br)cc1Br)c1snnc1C(F)F. The van der Waals surface area contributed by atoms with Gasteiger partial charge in [0.25, 0.3) is 12.3 Å². The first-order valence-electron chi connectivity index (χ1n) is 4.72. The molecule has 0 aromatic carbocycles. The summed E-state index contributed by atoms with van der Waals surface area (Å²) in [6.45, 7) is 0. The monoisotopic (exact) mass is 412 g/mol. The van der Waals surface area contributed by atoms with Gasteiger partial charge in [0.2, 0.25) is 0 Å². The van der Waals surface area contributed by atoms with Gasteiger partial charge in [0.05, 0.1) is 4.47 Å². The van der Waals surface area contributed by atoms with Gasteiger partial charge < -0.3 is 5.32 Å². The van der Waals surface area contributed by atoms with Crippen LogP contribution in [0, 0.1) is 0 Å². The van der Waals surface area contributed by atoms with E-state index in [4.69, 9.17) is 0 Å². The van der Waals surface area contributed by atoms with E-state index in [2.05, 4.69) is 51.7 Å². The maximum atomic E-state index is 12.6. The first kappa shape index (κ1) is 14.4. The molecule has 0 fully saturated rings. The van der Waals surface area contributed by atoms with Gasteiger partial charge in [0, 0.05) is 10.7 Å². The Bertz CT molecular complexity index is 622. The fourth-order valence-corrected chi connectivity index (χ4v) is 2.82. The summed E-state index contributed by atoms with van der Waals surface area (Å²) in [5.41, 5.74) is -0.629. The van der Waals surface area contributed by atoms with E-state index in [9.17, 15) is 13.6 Å². The van der Waals surface area contributed by atoms with Crippen LogP contribution in [0.15, 0.2) is 21.2 Å². The summed E-state index contributed by atoms with van der Waals surface area (Å²) in [6.07, 6.45) is -1.37. The number of carbonyl (C=O) groups is 1. The van der Waals surface area contributed by atoms with Crippen LogP contribution in [0.3, 0.4) is 0 Å². The quantitative estimate of drug-likeness (QED) is 0.833. The summed E-state index contributed by atoms with van der Waals surface area (Å²) in [5.74, 6) is -0.498. The van der Waals surface area contributed by atoms with Crippen LogP contribution in [0.25, 0.3) is 0 Å². The minimum absolute atomic E-state index is 0.224. The molecule has 1 N–H and O–H groups in total. The fourth-order valence-electron chi connectivity index (χ4n) is 1.17. The van der Waals surface area contributed by atoms with E-state index < -0.39 is 18.0 Å². The Labute approximate surface area is 126 Å². The minimum Gasteiger partial charge on any atom is -0.305 e. The molecular formula is C9H4Br2F2N4OS. The molecule has 2 aromatic heterocycles. The average molecular weight is 414 g/mol. The Morgan fingerprint density at radius 2 is 2.16 bits per heavy atom. The highest BCUT2D eigenvalue weighted by molar-refractivity contribution is 9.11. The first-order chi connectivity index (χ1) is 8.99. The Kier molecular flexibility index (Phi) is 4.53. The summed E-state index contributed by atoms with van der Waals surface area (Å²) in [4.78, 5) is 15.6.